The van der Waals surface area contributed by atoms with E-state index in [0.717, 1.165) is 0 Å². The van der Waals surface area contributed by atoms with Crippen LogP contribution in [0.3, 0.4) is 0 Å². The molecule has 0 saturated carbocycles. The fraction of sp³-hybridized carbons (Fsp3) is 0.867. The standard InChI is InChI=1S/C15H30O4Si/c1-10(2)7-15(17)12(5)9-20(18,19)13(6)8-14(16)11(3)4/h10-13,18-19H,7-9H2,1-6H3/t12-,13-/m1/s1. The molecule has 0 unspecified atom stereocenters. The maximum Gasteiger partial charge on any atom is 0.336 e. The lowest BCUT2D eigenvalue weighted by atomic mass is 9.99. The van der Waals surface area contributed by atoms with E-state index in [0.29, 0.717) is 6.42 Å². The molecule has 0 amide bonds. The molecule has 0 fully saturated rings. The van der Waals surface area contributed by atoms with E-state index in [1.54, 1.807) is 13.8 Å². The maximum absolute atomic E-state index is 11.9. The van der Waals surface area contributed by atoms with Gasteiger partial charge in [-0.25, -0.2) is 0 Å². The largest absolute Gasteiger partial charge is 0.410 e. The molecule has 0 rings (SSSR count). The number of Topliss-reactive ketones (excluding diaryl/α,β-unsaturated/α-hetero) is 2. The number of hydrogen-bond donors (Lipinski definition) is 2. The second-order valence-electron chi connectivity index (χ2n) is 6.77. The molecular formula is C15H30O4Si. The minimum Gasteiger partial charge on any atom is -0.410 e. The first kappa shape index (κ1) is 19.5. The van der Waals surface area contributed by atoms with Crippen molar-refractivity contribution >= 4 is 20.1 Å². The first-order chi connectivity index (χ1) is 8.97. The number of rotatable bonds is 9. The van der Waals surface area contributed by atoms with Crippen LogP contribution in [0.5, 0.6) is 0 Å². The Balaban J connectivity index is 4.56. The van der Waals surface area contributed by atoms with Gasteiger partial charge in [-0.3, -0.25) is 9.59 Å². The van der Waals surface area contributed by atoms with Crippen LogP contribution in [0, 0.1) is 17.8 Å². The molecule has 0 aromatic heterocycles. The number of carbonyl (C=O) groups excluding carboxylic acids is 2. The summed E-state index contributed by atoms with van der Waals surface area (Å²) >= 11 is 0. The Morgan fingerprint density at radius 2 is 1.40 bits per heavy atom. The van der Waals surface area contributed by atoms with Gasteiger partial charge in [0.05, 0.1) is 0 Å². The van der Waals surface area contributed by atoms with E-state index in [1.807, 2.05) is 27.7 Å². The Labute approximate surface area is 123 Å². The molecule has 118 valence electrons. The van der Waals surface area contributed by atoms with Gasteiger partial charge in [0, 0.05) is 36.3 Å². The summed E-state index contributed by atoms with van der Waals surface area (Å²) in [4.78, 5) is 44.1. The molecule has 0 spiro atoms. The molecule has 0 radical (unpaired) electrons. The fourth-order valence-electron chi connectivity index (χ4n) is 2.07. The van der Waals surface area contributed by atoms with Gasteiger partial charge in [0.1, 0.15) is 11.6 Å². The minimum atomic E-state index is -3.53. The molecule has 0 aliphatic heterocycles. The highest BCUT2D eigenvalue weighted by Gasteiger charge is 2.40. The van der Waals surface area contributed by atoms with Gasteiger partial charge >= 0.3 is 8.56 Å². The van der Waals surface area contributed by atoms with E-state index in [9.17, 15) is 19.2 Å². The van der Waals surface area contributed by atoms with Crippen molar-refractivity contribution in [2.75, 3.05) is 0 Å². The summed E-state index contributed by atoms with van der Waals surface area (Å²) in [5, 5.41) is 0. The van der Waals surface area contributed by atoms with Crippen molar-refractivity contribution in [1.29, 1.82) is 0 Å². The van der Waals surface area contributed by atoms with Crippen LogP contribution in [-0.2, 0) is 9.59 Å². The van der Waals surface area contributed by atoms with Crippen LogP contribution >= 0.6 is 0 Å². The second-order valence-corrected chi connectivity index (χ2v) is 9.93. The van der Waals surface area contributed by atoms with Crippen molar-refractivity contribution in [3.63, 3.8) is 0 Å². The van der Waals surface area contributed by atoms with Crippen molar-refractivity contribution in [1.82, 2.24) is 0 Å². The van der Waals surface area contributed by atoms with Crippen molar-refractivity contribution in [2.24, 2.45) is 17.8 Å². The Morgan fingerprint density at radius 1 is 0.900 bits per heavy atom. The highest BCUT2D eigenvalue weighted by atomic mass is 28.4. The molecule has 0 aromatic rings. The van der Waals surface area contributed by atoms with Gasteiger partial charge in [0.15, 0.2) is 0 Å². The van der Waals surface area contributed by atoms with Crippen LogP contribution in [0.15, 0.2) is 0 Å². The molecule has 0 aliphatic carbocycles. The molecule has 0 heterocycles. The topological polar surface area (TPSA) is 74.6 Å². The van der Waals surface area contributed by atoms with Crippen LogP contribution in [-0.4, -0.2) is 29.7 Å². The number of ketones is 2. The van der Waals surface area contributed by atoms with E-state index in [-0.39, 0.29) is 41.8 Å². The quantitative estimate of drug-likeness (QED) is 0.642. The Kier molecular flexibility index (Phi) is 7.84. The SMILES string of the molecule is CC(C)CC(=O)[C@H](C)C[Si](O)(O)[C@H](C)CC(=O)C(C)C. The third-order valence-corrected chi connectivity index (χ3v) is 6.70. The number of hydrogen-bond acceptors (Lipinski definition) is 4. The molecule has 5 heteroatoms. The average molecular weight is 302 g/mol. The molecule has 0 bridgehead atoms. The minimum absolute atomic E-state index is 0.0404. The van der Waals surface area contributed by atoms with Gasteiger partial charge < -0.3 is 9.59 Å². The summed E-state index contributed by atoms with van der Waals surface area (Å²) in [5.41, 5.74) is -0.438. The van der Waals surface area contributed by atoms with Crippen molar-refractivity contribution < 1.29 is 19.2 Å². The summed E-state index contributed by atoms with van der Waals surface area (Å²) in [6.07, 6.45) is 0.646. The van der Waals surface area contributed by atoms with Crippen molar-refractivity contribution in [3.8, 4) is 0 Å². The Morgan fingerprint density at radius 3 is 1.80 bits per heavy atom. The van der Waals surface area contributed by atoms with Gasteiger partial charge in [0.25, 0.3) is 0 Å². The zero-order valence-corrected chi connectivity index (χ0v) is 14.6. The monoisotopic (exact) mass is 302 g/mol. The van der Waals surface area contributed by atoms with E-state index in [1.165, 1.54) is 0 Å². The lowest BCUT2D eigenvalue weighted by Crippen LogP contribution is -2.43. The zero-order valence-electron chi connectivity index (χ0n) is 13.6. The molecule has 0 aromatic carbocycles. The third-order valence-electron chi connectivity index (χ3n) is 3.71. The van der Waals surface area contributed by atoms with E-state index < -0.39 is 14.1 Å². The lowest BCUT2D eigenvalue weighted by molar-refractivity contribution is -0.122. The van der Waals surface area contributed by atoms with Gasteiger partial charge in [-0.2, -0.15) is 0 Å². The second kappa shape index (κ2) is 8.05. The van der Waals surface area contributed by atoms with Gasteiger partial charge in [-0.05, 0) is 5.92 Å². The van der Waals surface area contributed by atoms with Crippen molar-refractivity contribution in [2.45, 2.75) is 66.0 Å². The van der Waals surface area contributed by atoms with Crippen molar-refractivity contribution in [3.05, 3.63) is 0 Å². The van der Waals surface area contributed by atoms with Crippen LogP contribution in [0.4, 0.5) is 0 Å². The summed E-state index contributed by atoms with van der Waals surface area (Å²) in [5.74, 6) is -0.0581. The molecular weight excluding hydrogens is 272 g/mol. The van der Waals surface area contributed by atoms with Gasteiger partial charge in [0.2, 0.25) is 0 Å². The highest BCUT2D eigenvalue weighted by molar-refractivity contribution is 6.66. The van der Waals surface area contributed by atoms with Gasteiger partial charge in [-0.1, -0.05) is 41.5 Å². The molecule has 4 nitrogen and oxygen atoms in total. The maximum atomic E-state index is 11.9. The normalized spacial score (nSPS) is 15.5. The van der Waals surface area contributed by atoms with E-state index in [4.69, 9.17) is 0 Å². The summed E-state index contributed by atoms with van der Waals surface area (Å²) in [6.45, 7) is 11.0. The third kappa shape index (κ3) is 6.77. The predicted octanol–water partition coefficient (Wildman–Crippen LogP) is 2.67. The summed E-state index contributed by atoms with van der Waals surface area (Å²) < 4.78 is 0. The smallest absolute Gasteiger partial charge is 0.336 e. The Hall–Kier alpha value is -0.523. The fourth-order valence-corrected chi connectivity index (χ4v) is 4.13. The molecule has 20 heavy (non-hydrogen) atoms. The van der Waals surface area contributed by atoms with Crippen LogP contribution in [0.25, 0.3) is 0 Å². The first-order valence-electron chi connectivity index (χ1n) is 7.47. The Bertz CT molecular complexity index is 337. The lowest BCUT2D eigenvalue weighted by Gasteiger charge is -2.27. The highest BCUT2D eigenvalue weighted by Crippen LogP contribution is 2.29. The first-order valence-corrected chi connectivity index (χ1v) is 9.65. The molecule has 2 N–H and O–H groups in total. The summed E-state index contributed by atoms with van der Waals surface area (Å²) in [6, 6.07) is 0.116. The molecule has 0 saturated heterocycles. The average Bonchev–Trinajstić information content (AvgIpc) is 2.26. The molecule has 0 aliphatic rings. The zero-order chi connectivity index (χ0) is 16.1. The van der Waals surface area contributed by atoms with Crippen LogP contribution < -0.4 is 0 Å². The van der Waals surface area contributed by atoms with Gasteiger partial charge in [-0.15, -0.1) is 0 Å². The molecule has 2 atom stereocenters. The van der Waals surface area contributed by atoms with Crippen LogP contribution in [0.1, 0.15) is 54.4 Å². The van der Waals surface area contributed by atoms with Crippen LogP contribution in [0.2, 0.25) is 11.6 Å². The van der Waals surface area contributed by atoms with E-state index >= 15 is 0 Å². The van der Waals surface area contributed by atoms with E-state index in [2.05, 4.69) is 0 Å². The number of carbonyl (C=O) groups is 2. The predicted molar refractivity (Wildman–Crippen MR) is 82.5 cm³/mol. The summed E-state index contributed by atoms with van der Waals surface area (Å²) in [7, 11) is -3.53.